The first-order chi connectivity index (χ1) is 15.4. The number of nitrogens with zero attached hydrogens (tertiary/aromatic N) is 4. The van der Waals surface area contributed by atoms with Gasteiger partial charge >= 0.3 is 0 Å². The summed E-state index contributed by atoms with van der Waals surface area (Å²) in [5.74, 6) is 0.373. The summed E-state index contributed by atoms with van der Waals surface area (Å²) >= 11 is 0. The van der Waals surface area contributed by atoms with E-state index < -0.39 is 0 Å². The summed E-state index contributed by atoms with van der Waals surface area (Å²) in [6.45, 7) is 3.80. The molecule has 164 valence electrons. The minimum Gasteiger partial charge on any atom is -0.495 e. The Kier molecular flexibility index (Phi) is 5.77. The van der Waals surface area contributed by atoms with E-state index in [2.05, 4.69) is 15.4 Å². The second-order valence-corrected chi connectivity index (χ2v) is 7.68. The minimum absolute atomic E-state index is 0.122. The molecule has 0 spiro atoms. The molecule has 32 heavy (non-hydrogen) atoms. The third-order valence-corrected chi connectivity index (χ3v) is 5.34. The lowest BCUT2D eigenvalue weighted by Crippen LogP contribution is -2.25. The molecule has 0 aliphatic rings. The van der Waals surface area contributed by atoms with E-state index in [-0.39, 0.29) is 24.3 Å². The van der Waals surface area contributed by atoms with Crippen molar-refractivity contribution in [2.45, 2.75) is 26.7 Å². The number of ether oxygens (including phenoxy) is 1. The van der Waals surface area contributed by atoms with Gasteiger partial charge in [-0.1, -0.05) is 24.3 Å². The zero-order chi connectivity index (χ0) is 22.8. The number of carbonyl (C=O) groups is 1. The average Bonchev–Trinajstić information content (AvgIpc) is 3.12. The molecule has 0 aliphatic heterocycles. The topological polar surface area (TPSA) is 91.0 Å². The number of anilines is 1. The first-order valence-corrected chi connectivity index (χ1v) is 10.3. The molecule has 1 amide bonds. The van der Waals surface area contributed by atoms with Crippen molar-refractivity contribution in [3.8, 4) is 11.4 Å². The molecule has 2 heterocycles. The fraction of sp³-hybridized carbons (Fsp3) is 0.250. The molecular weight excluding hydrogens is 406 g/mol. The van der Waals surface area contributed by atoms with Gasteiger partial charge in [-0.05, 0) is 43.7 Å². The smallest absolute Gasteiger partial charge is 0.273 e. The summed E-state index contributed by atoms with van der Waals surface area (Å²) in [5.41, 5.74) is 4.54. The minimum atomic E-state index is -0.240. The summed E-state index contributed by atoms with van der Waals surface area (Å²) in [6.07, 6.45) is 0.343. The van der Waals surface area contributed by atoms with Crippen LogP contribution in [0.5, 0.6) is 5.75 Å². The molecule has 0 radical (unpaired) electrons. The van der Waals surface area contributed by atoms with Gasteiger partial charge in [0.15, 0.2) is 5.65 Å². The molecule has 4 aromatic rings. The maximum absolute atomic E-state index is 13.0. The second kappa shape index (κ2) is 8.66. The molecule has 0 bridgehead atoms. The highest BCUT2D eigenvalue weighted by Crippen LogP contribution is 2.25. The Morgan fingerprint density at radius 2 is 1.88 bits per heavy atom. The van der Waals surface area contributed by atoms with E-state index >= 15 is 0 Å². The van der Waals surface area contributed by atoms with E-state index in [4.69, 9.17) is 4.74 Å². The SMILES string of the molecule is COc1ccc(C)cc1NC(=O)CCc1nc2c(C)nn(-c3ccccc3)c2n(C)c1=O. The third kappa shape index (κ3) is 3.99. The number of fused-ring (bicyclic) bond motifs is 1. The van der Waals surface area contributed by atoms with Crippen LogP contribution in [0.25, 0.3) is 16.9 Å². The van der Waals surface area contributed by atoms with Gasteiger partial charge in [-0.2, -0.15) is 5.10 Å². The van der Waals surface area contributed by atoms with Gasteiger partial charge in [-0.3, -0.25) is 14.2 Å². The molecule has 0 atom stereocenters. The normalized spacial score (nSPS) is 11.0. The number of rotatable bonds is 6. The Bertz CT molecular complexity index is 1360. The predicted molar refractivity (Wildman–Crippen MR) is 124 cm³/mol. The van der Waals surface area contributed by atoms with E-state index in [0.717, 1.165) is 16.9 Å². The average molecular weight is 431 g/mol. The van der Waals surface area contributed by atoms with Gasteiger partial charge in [0, 0.05) is 19.9 Å². The quantitative estimate of drug-likeness (QED) is 0.506. The molecule has 0 fully saturated rings. The highest BCUT2D eigenvalue weighted by atomic mass is 16.5. The molecular formula is C24H25N5O3. The van der Waals surface area contributed by atoms with Crippen molar-refractivity contribution in [3.63, 3.8) is 0 Å². The van der Waals surface area contributed by atoms with Gasteiger partial charge in [0.2, 0.25) is 5.91 Å². The Morgan fingerprint density at radius 1 is 1.12 bits per heavy atom. The fourth-order valence-corrected chi connectivity index (χ4v) is 3.69. The van der Waals surface area contributed by atoms with E-state index in [1.54, 1.807) is 23.4 Å². The number of aryl methyl sites for hydroxylation is 4. The summed E-state index contributed by atoms with van der Waals surface area (Å²) in [7, 11) is 3.26. The van der Waals surface area contributed by atoms with E-state index in [1.807, 2.05) is 62.4 Å². The first-order valence-electron chi connectivity index (χ1n) is 10.3. The second-order valence-electron chi connectivity index (χ2n) is 7.68. The molecule has 0 aliphatic carbocycles. The van der Waals surface area contributed by atoms with Gasteiger partial charge in [-0.15, -0.1) is 0 Å². The number of carbonyl (C=O) groups excluding carboxylic acids is 1. The maximum Gasteiger partial charge on any atom is 0.273 e. The van der Waals surface area contributed by atoms with E-state index in [1.165, 1.54) is 0 Å². The summed E-state index contributed by atoms with van der Waals surface area (Å²) in [5, 5.41) is 7.45. The molecule has 4 rings (SSSR count). The van der Waals surface area contributed by atoms with Crippen molar-refractivity contribution in [3.05, 3.63) is 75.8 Å². The Labute approximate surface area is 185 Å². The standard InChI is InChI=1S/C24H25N5O3/c1-15-10-12-20(32-4)19(14-15)25-21(30)13-11-18-24(31)28(3)23-22(26-18)16(2)27-29(23)17-8-6-5-7-9-17/h5-10,12,14H,11,13H2,1-4H3,(H,25,30). The highest BCUT2D eigenvalue weighted by Gasteiger charge is 2.18. The van der Waals surface area contributed by atoms with Crippen LogP contribution in [0, 0.1) is 13.8 Å². The summed E-state index contributed by atoms with van der Waals surface area (Å²) in [6, 6.07) is 15.2. The van der Waals surface area contributed by atoms with Crippen LogP contribution >= 0.6 is 0 Å². The highest BCUT2D eigenvalue weighted by molar-refractivity contribution is 5.92. The number of aromatic nitrogens is 4. The number of para-hydroxylation sites is 1. The lowest BCUT2D eigenvalue weighted by Gasteiger charge is -2.11. The summed E-state index contributed by atoms with van der Waals surface area (Å²) in [4.78, 5) is 30.1. The van der Waals surface area contributed by atoms with Crippen LogP contribution in [0.1, 0.15) is 23.4 Å². The van der Waals surface area contributed by atoms with Crippen molar-refractivity contribution < 1.29 is 9.53 Å². The Balaban J connectivity index is 1.60. The number of nitrogens with one attached hydrogen (secondary N) is 1. The fourth-order valence-electron chi connectivity index (χ4n) is 3.69. The molecule has 8 nitrogen and oxygen atoms in total. The monoisotopic (exact) mass is 431 g/mol. The number of methoxy groups -OCH3 is 1. The van der Waals surface area contributed by atoms with Gasteiger partial charge in [0.1, 0.15) is 17.0 Å². The van der Waals surface area contributed by atoms with E-state index in [9.17, 15) is 9.59 Å². The third-order valence-electron chi connectivity index (χ3n) is 5.34. The van der Waals surface area contributed by atoms with Crippen LogP contribution in [0.15, 0.2) is 53.3 Å². The van der Waals surface area contributed by atoms with Crippen LogP contribution in [-0.2, 0) is 18.3 Å². The van der Waals surface area contributed by atoms with Crippen LogP contribution in [0.2, 0.25) is 0 Å². The molecule has 2 aromatic heterocycles. The van der Waals surface area contributed by atoms with Crippen LogP contribution in [-0.4, -0.2) is 32.3 Å². The largest absolute Gasteiger partial charge is 0.495 e. The van der Waals surface area contributed by atoms with Crippen molar-refractivity contribution in [1.29, 1.82) is 0 Å². The van der Waals surface area contributed by atoms with Crippen LogP contribution < -0.4 is 15.6 Å². The molecule has 2 aromatic carbocycles. The van der Waals surface area contributed by atoms with Gasteiger partial charge in [0.25, 0.3) is 5.56 Å². The zero-order valence-electron chi connectivity index (χ0n) is 18.5. The van der Waals surface area contributed by atoms with Crippen LogP contribution in [0.4, 0.5) is 5.69 Å². The van der Waals surface area contributed by atoms with Crippen molar-refractivity contribution >= 4 is 22.8 Å². The lowest BCUT2D eigenvalue weighted by atomic mass is 10.2. The lowest BCUT2D eigenvalue weighted by molar-refractivity contribution is -0.116. The molecule has 1 N–H and O–H groups in total. The Morgan fingerprint density at radius 3 is 2.59 bits per heavy atom. The van der Waals surface area contributed by atoms with Crippen molar-refractivity contribution in [2.24, 2.45) is 7.05 Å². The van der Waals surface area contributed by atoms with Gasteiger partial charge in [0.05, 0.1) is 24.2 Å². The van der Waals surface area contributed by atoms with Crippen molar-refractivity contribution in [1.82, 2.24) is 19.3 Å². The number of hydrogen-bond acceptors (Lipinski definition) is 5. The molecule has 0 saturated heterocycles. The zero-order valence-corrected chi connectivity index (χ0v) is 18.5. The predicted octanol–water partition coefficient (Wildman–Crippen LogP) is 3.32. The summed E-state index contributed by atoms with van der Waals surface area (Å²) < 4.78 is 8.58. The van der Waals surface area contributed by atoms with E-state index in [0.29, 0.717) is 28.3 Å². The number of hydrogen-bond donors (Lipinski definition) is 1. The number of amides is 1. The van der Waals surface area contributed by atoms with Crippen molar-refractivity contribution in [2.75, 3.05) is 12.4 Å². The first kappa shape index (κ1) is 21.3. The van der Waals surface area contributed by atoms with Gasteiger partial charge < -0.3 is 10.1 Å². The Hall–Kier alpha value is -3.94. The molecule has 0 saturated carbocycles. The van der Waals surface area contributed by atoms with Gasteiger partial charge in [-0.25, -0.2) is 9.67 Å². The van der Waals surface area contributed by atoms with Crippen LogP contribution in [0.3, 0.4) is 0 Å². The molecule has 8 heteroatoms. The molecule has 0 unspecified atom stereocenters. The maximum atomic E-state index is 13.0. The number of benzene rings is 2.